The van der Waals surface area contributed by atoms with Gasteiger partial charge >= 0.3 is 0 Å². The normalized spacial score (nSPS) is 17.2. The van der Waals surface area contributed by atoms with E-state index >= 15 is 0 Å². The van der Waals surface area contributed by atoms with Crippen LogP contribution in [0.1, 0.15) is 32.3 Å². The third-order valence-electron chi connectivity index (χ3n) is 3.87. The van der Waals surface area contributed by atoms with Gasteiger partial charge in [-0.3, -0.25) is 4.90 Å². The van der Waals surface area contributed by atoms with Gasteiger partial charge in [-0.1, -0.05) is 37.6 Å². The summed E-state index contributed by atoms with van der Waals surface area (Å²) in [5.74, 6) is 0.656. The molecule has 1 aromatic rings. The molecule has 0 bridgehead atoms. The van der Waals surface area contributed by atoms with Crippen molar-refractivity contribution in [1.82, 2.24) is 10.2 Å². The van der Waals surface area contributed by atoms with E-state index in [1.807, 2.05) is 12.1 Å². The molecule has 1 atom stereocenters. The standard InChI is InChI=1S/C16H25ClN2/c1-12(2)16(10-18-15-8-9-15)19(3)11-13-4-6-14(17)7-5-13/h4-7,12,15-16,18H,8-11H2,1-3H3. The van der Waals surface area contributed by atoms with E-state index in [2.05, 4.69) is 43.2 Å². The maximum absolute atomic E-state index is 5.93. The van der Waals surface area contributed by atoms with Crippen molar-refractivity contribution >= 4 is 11.6 Å². The first-order valence-corrected chi connectivity index (χ1v) is 7.62. The topological polar surface area (TPSA) is 15.3 Å². The zero-order valence-electron chi connectivity index (χ0n) is 12.2. The summed E-state index contributed by atoms with van der Waals surface area (Å²) >= 11 is 5.93. The predicted molar refractivity (Wildman–Crippen MR) is 82.6 cm³/mol. The second-order valence-corrected chi connectivity index (χ2v) is 6.47. The highest BCUT2D eigenvalue weighted by Crippen LogP contribution is 2.20. The number of halogens is 1. The van der Waals surface area contributed by atoms with Gasteiger partial charge in [0.15, 0.2) is 0 Å². The molecule has 3 heteroatoms. The maximum atomic E-state index is 5.93. The van der Waals surface area contributed by atoms with Crippen molar-refractivity contribution in [1.29, 1.82) is 0 Å². The lowest BCUT2D eigenvalue weighted by Crippen LogP contribution is -2.43. The van der Waals surface area contributed by atoms with E-state index in [0.717, 1.165) is 24.2 Å². The number of nitrogens with one attached hydrogen (secondary N) is 1. The fraction of sp³-hybridized carbons (Fsp3) is 0.625. The Hall–Kier alpha value is -0.570. The van der Waals surface area contributed by atoms with Crippen molar-refractivity contribution in [2.24, 2.45) is 5.92 Å². The van der Waals surface area contributed by atoms with Crippen molar-refractivity contribution in [2.75, 3.05) is 13.6 Å². The summed E-state index contributed by atoms with van der Waals surface area (Å²) < 4.78 is 0. The fourth-order valence-corrected chi connectivity index (χ4v) is 2.60. The van der Waals surface area contributed by atoms with Crippen LogP contribution in [0.15, 0.2) is 24.3 Å². The Morgan fingerprint density at radius 1 is 1.26 bits per heavy atom. The van der Waals surface area contributed by atoms with E-state index in [1.54, 1.807) is 0 Å². The smallest absolute Gasteiger partial charge is 0.0406 e. The summed E-state index contributed by atoms with van der Waals surface area (Å²) in [6.07, 6.45) is 2.71. The molecule has 1 fully saturated rings. The van der Waals surface area contributed by atoms with Crippen LogP contribution in [0.3, 0.4) is 0 Å². The SMILES string of the molecule is CC(C)C(CNC1CC1)N(C)Cc1ccc(Cl)cc1. The van der Waals surface area contributed by atoms with Gasteiger partial charge in [-0.05, 0) is 43.5 Å². The van der Waals surface area contributed by atoms with Crippen LogP contribution in [0.4, 0.5) is 0 Å². The second-order valence-electron chi connectivity index (χ2n) is 6.04. The lowest BCUT2D eigenvalue weighted by molar-refractivity contribution is 0.179. The first kappa shape index (κ1) is 14.8. The quantitative estimate of drug-likeness (QED) is 0.822. The van der Waals surface area contributed by atoms with E-state index in [-0.39, 0.29) is 0 Å². The molecule has 0 aliphatic heterocycles. The van der Waals surface area contributed by atoms with Crippen molar-refractivity contribution in [2.45, 2.75) is 45.3 Å². The summed E-state index contributed by atoms with van der Waals surface area (Å²) in [7, 11) is 2.22. The van der Waals surface area contributed by atoms with Crippen molar-refractivity contribution in [3.63, 3.8) is 0 Å². The van der Waals surface area contributed by atoms with E-state index in [4.69, 9.17) is 11.6 Å². The zero-order valence-corrected chi connectivity index (χ0v) is 13.0. The van der Waals surface area contributed by atoms with Gasteiger partial charge in [-0.15, -0.1) is 0 Å². The van der Waals surface area contributed by atoms with Crippen LogP contribution < -0.4 is 5.32 Å². The van der Waals surface area contributed by atoms with Gasteiger partial charge in [0.2, 0.25) is 0 Å². The Bertz CT molecular complexity index is 384. The molecule has 0 radical (unpaired) electrons. The first-order valence-electron chi connectivity index (χ1n) is 7.24. The minimum atomic E-state index is 0.580. The van der Waals surface area contributed by atoms with E-state index in [0.29, 0.717) is 12.0 Å². The van der Waals surface area contributed by atoms with Gasteiger partial charge < -0.3 is 5.32 Å². The summed E-state index contributed by atoms with van der Waals surface area (Å²) in [4.78, 5) is 2.45. The van der Waals surface area contributed by atoms with E-state index in [9.17, 15) is 0 Å². The predicted octanol–water partition coefficient (Wildman–Crippen LogP) is 3.55. The van der Waals surface area contributed by atoms with Crippen LogP contribution in [-0.4, -0.2) is 30.6 Å². The molecule has 2 nitrogen and oxygen atoms in total. The highest BCUT2D eigenvalue weighted by atomic mass is 35.5. The molecule has 0 spiro atoms. The summed E-state index contributed by atoms with van der Waals surface area (Å²) in [6, 6.07) is 9.53. The van der Waals surface area contributed by atoms with Gasteiger partial charge in [0.25, 0.3) is 0 Å². The highest BCUT2D eigenvalue weighted by Gasteiger charge is 2.24. The van der Waals surface area contributed by atoms with Crippen molar-refractivity contribution in [3.8, 4) is 0 Å². The molecule has 2 rings (SSSR count). The zero-order chi connectivity index (χ0) is 13.8. The van der Waals surface area contributed by atoms with Crippen LogP contribution in [0.5, 0.6) is 0 Å². The molecule has 1 saturated carbocycles. The average molecular weight is 281 g/mol. The Kier molecular flexibility index (Phi) is 5.26. The Balaban J connectivity index is 1.89. The lowest BCUT2D eigenvalue weighted by Gasteiger charge is -2.31. The molecule has 0 heterocycles. The number of nitrogens with zero attached hydrogens (tertiary/aromatic N) is 1. The highest BCUT2D eigenvalue weighted by molar-refractivity contribution is 6.30. The molecule has 1 aromatic carbocycles. The monoisotopic (exact) mass is 280 g/mol. The maximum Gasteiger partial charge on any atom is 0.0406 e. The third-order valence-corrected chi connectivity index (χ3v) is 4.13. The Morgan fingerprint density at radius 3 is 2.42 bits per heavy atom. The van der Waals surface area contributed by atoms with Gasteiger partial charge in [-0.25, -0.2) is 0 Å². The van der Waals surface area contributed by atoms with E-state index < -0.39 is 0 Å². The average Bonchev–Trinajstić information content (AvgIpc) is 3.16. The number of likely N-dealkylation sites (N-methyl/N-ethyl adjacent to an activating group) is 1. The summed E-state index contributed by atoms with van der Waals surface area (Å²) in [5.41, 5.74) is 1.32. The van der Waals surface area contributed by atoms with Crippen LogP contribution in [0.2, 0.25) is 5.02 Å². The van der Waals surface area contributed by atoms with Crippen LogP contribution >= 0.6 is 11.6 Å². The molecule has 0 saturated heterocycles. The van der Waals surface area contributed by atoms with Crippen LogP contribution in [0.25, 0.3) is 0 Å². The van der Waals surface area contributed by atoms with Gasteiger partial charge in [-0.2, -0.15) is 0 Å². The van der Waals surface area contributed by atoms with Crippen molar-refractivity contribution in [3.05, 3.63) is 34.9 Å². The molecule has 1 unspecified atom stereocenters. The fourth-order valence-electron chi connectivity index (χ4n) is 2.47. The molecule has 0 amide bonds. The first-order chi connectivity index (χ1) is 9.06. The third kappa shape index (κ3) is 4.79. The molecule has 1 N–H and O–H groups in total. The molecule has 0 aromatic heterocycles. The number of hydrogen-bond acceptors (Lipinski definition) is 2. The summed E-state index contributed by atoms with van der Waals surface area (Å²) in [5, 5.41) is 4.46. The molecule has 1 aliphatic carbocycles. The molecular weight excluding hydrogens is 256 g/mol. The molecule has 1 aliphatic rings. The lowest BCUT2D eigenvalue weighted by atomic mass is 10.0. The molecule has 19 heavy (non-hydrogen) atoms. The van der Waals surface area contributed by atoms with Gasteiger partial charge in [0, 0.05) is 30.2 Å². The van der Waals surface area contributed by atoms with Crippen LogP contribution in [0, 0.1) is 5.92 Å². The Morgan fingerprint density at radius 2 is 1.89 bits per heavy atom. The van der Waals surface area contributed by atoms with Crippen LogP contribution in [-0.2, 0) is 6.54 Å². The molecular formula is C16H25ClN2. The van der Waals surface area contributed by atoms with Crippen molar-refractivity contribution < 1.29 is 0 Å². The second kappa shape index (κ2) is 6.74. The largest absolute Gasteiger partial charge is 0.312 e. The van der Waals surface area contributed by atoms with Gasteiger partial charge in [0.1, 0.15) is 0 Å². The minimum absolute atomic E-state index is 0.580. The number of benzene rings is 1. The summed E-state index contributed by atoms with van der Waals surface area (Å²) in [6.45, 7) is 6.67. The number of hydrogen-bond donors (Lipinski definition) is 1. The Labute approximate surface area is 122 Å². The number of rotatable bonds is 7. The molecule has 106 valence electrons. The van der Waals surface area contributed by atoms with Gasteiger partial charge in [0.05, 0.1) is 0 Å². The minimum Gasteiger partial charge on any atom is -0.312 e. The van der Waals surface area contributed by atoms with E-state index in [1.165, 1.54) is 18.4 Å².